The summed E-state index contributed by atoms with van der Waals surface area (Å²) in [5, 5.41) is 2.40. The zero-order valence-electron chi connectivity index (χ0n) is 11.3. The minimum absolute atomic E-state index is 0.0984. The molecule has 0 radical (unpaired) electrons. The average Bonchev–Trinajstić information content (AvgIpc) is 2.36. The zero-order valence-corrected chi connectivity index (χ0v) is 11.3. The van der Waals surface area contributed by atoms with Gasteiger partial charge in [-0.05, 0) is 13.8 Å². The van der Waals surface area contributed by atoms with Crippen LogP contribution in [0.5, 0.6) is 0 Å². The van der Waals surface area contributed by atoms with Gasteiger partial charge in [0.15, 0.2) is 0 Å². The topological polar surface area (TPSA) is 90.9 Å². The van der Waals surface area contributed by atoms with Crippen LogP contribution < -0.4 is 5.32 Å². The van der Waals surface area contributed by atoms with Crippen molar-refractivity contribution in [2.75, 3.05) is 20.3 Å². The second-order valence-corrected chi connectivity index (χ2v) is 3.36. The van der Waals surface area contributed by atoms with Gasteiger partial charge in [0.05, 0.1) is 32.8 Å². The number of nitrogens with one attached hydrogen (secondary N) is 1. The van der Waals surface area contributed by atoms with Crippen LogP contribution in [0, 0.1) is 0 Å². The highest BCUT2D eigenvalue weighted by Crippen LogP contribution is 1.99. The third kappa shape index (κ3) is 8.64. The summed E-state index contributed by atoms with van der Waals surface area (Å²) in [5.74, 6) is -1.04. The molecule has 0 aromatic carbocycles. The zero-order chi connectivity index (χ0) is 14.7. The summed E-state index contributed by atoms with van der Waals surface area (Å²) in [6.07, 6.45) is 1.69. The van der Waals surface area contributed by atoms with Crippen LogP contribution in [-0.4, -0.2) is 44.4 Å². The predicted octanol–water partition coefficient (Wildman–Crippen LogP) is 0.784. The molecule has 1 N–H and O–H groups in total. The van der Waals surface area contributed by atoms with Crippen molar-refractivity contribution in [3.05, 3.63) is 12.2 Å². The van der Waals surface area contributed by atoms with Crippen molar-refractivity contribution in [1.29, 1.82) is 0 Å². The number of carbonyl (C=O) groups is 3. The van der Waals surface area contributed by atoms with Crippen molar-refractivity contribution in [3.8, 4) is 0 Å². The lowest BCUT2D eigenvalue weighted by molar-refractivity contribution is -0.143. The highest BCUT2D eigenvalue weighted by atomic mass is 16.5. The normalized spacial score (nSPS) is 11.7. The molecule has 0 aromatic heterocycles. The second-order valence-electron chi connectivity index (χ2n) is 3.36. The number of carbonyl (C=O) groups excluding carboxylic acids is 3. The summed E-state index contributed by atoms with van der Waals surface area (Å²) in [6.45, 7) is 3.84. The van der Waals surface area contributed by atoms with E-state index in [-0.39, 0.29) is 19.6 Å². The Morgan fingerprint density at radius 3 is 2.32 bits per heavy atom. The first-order valence-electron chi connectivity index (χ1n) is 5.88. The lowest BCUT2D eigenvalue weighted by atomic mass is 10.2. The maximum absolute atomic E-state index is 11.3. The molecule has 0 aliphatic rings. The number of ether oxygens (including phenoxy) is 3. The summed E-state index contributed by atoms with van der Waals surface area (Å²) in [4.78, 5) is 33.6. The van der Waals surface area contributed by atoms with Crippen molar-refractivity contribution in [2.45, 2.75) is 26.3 Å². The summed E-state index contributed by atoms with van der Waals surface area (Å²) < 4.78 is 13.9. The fourth-order valence-electron chi connectivity index (χ4n) is 1.16. The molecule has 7 nitrogen and oxygen atoms in total. The van der Waals surface area contributed by atoms with Gasteiger partial charge in [0, 0.05) is 6.08 Å². The lowest BCUT2D eigenvalue weighted by Gasteiger charge is -2.13. The Labute approximate surface area is 111 Å². The third-order valence-electron chi connectivity index (χ3n) is 1.93. The van der Waals surface area contributed by atoms with Gasteiger partial charge in [0.25, 0.3) is 0 Å². The monoisotopic (exact) mass is 273 g/mol. The first kappa shape index (κ1) is 16.9. The molecule has 1 atom stereocenters. The maximum atomic E-state index is 11.3. The summed E-state index contributed by atoms with van der Waals surface area (Å²) in [5.41, 5.74) is 0. The first-order chi connectivity index (χ1) is 9.03. The van der Waals surface area contributed by atoms with E-state index in [0.29, 0.717) is 0 Å². The van der Waals surface area contributed by atoms with E-state index in [1.165, 1.54) is 13.2 Å². The molecule has 0 aromatic rings. The highest BCUT2D eigenvalue weighted by Gasteiger charge is 2.15. The molecule has 0 rings (SSSR count). The highest BCUT2D eigenvalue weighted by molar-refractivity contribution is 5.82. The van der Waals surface area contributed by atoms with Gasteiger partial charge >= 0.3 is 18.0 Å². The van der Waals surface area contributed by atoms with Crippen LogP contribution in [0.3, 0.4) is 0 Å². The van der Waals surface area contributed by atoms with Gasteiger partial charge in [-0.15, -0.1) is 0 Å². The molecule has 0 aliphatic carbocycles. The van der Waals surface area contributed by atoms with Crippen molar-refractivity contribution in [2.24, 2.45) is 0 Å². The SMILES string of the molecule is CCOC(=O)/C=C/[C@H](CC(=O)OCC)NC(=O)OC. The number of hydrogen-bond acceptors (Lipinski definition) is 6. The van der Waals surface area contributed by atoms with Crippen molar-refractivity contribution in [3.63, 3.8) is 0 Å². The van der Waals surface area contributed by atoms with E-state index < -0.39 is 24.1 Å². The van der Waals surface area contributed by atoms with Gasteiger partial charge < -0.3 is 19.5 Å². The summed E-state index contributed by atoms with van der Waals surface area (Å²) >= 11 is 0. The van der Waals surface area contributed by atoms with E-state index >= 15 is 0 Å². The Bertz CT molecular complexity index is 339. The Kier molecular flexibility index (Phi) is 8.86. The fourth-order valence-corrected chi connectivity index (χ4v) is 1.16. The number of rotatable bonds is 7. The van der Waals surface area contributed by atoms with Crippen molar-refractivity contribution in [1.82, 2.24) is 5.32 Å². The molecule has 0 fully saturated rings. The molecule has 0 unspecified atom stereocenters. The van der Waals surface area contributed by atoms with Crippen LogP contribution in [-0.2, 0) is 23.8 Å². The van der Waals surface area contributed by atoms with Gasteiger partial charge in [0.1, 0.15) is 0 Å². The van der Waals surface area contributed by atoms with Crippen LogP contribution in [0.15, 0.2) is 12.2 Å². The van der Waals surface area contributed by atoms with Gasteiger partial charge in [-0.2, -0.15) is 0 Å². The Morgan fingerprint density at radius 2 is 1.79 bits per heavy atom. The molecule has 108 valence electrons. The third-order valence-corrected chi connectivity index (χ3v) is 1.93. The Morgan fingerprint density at radius 1 is 1.16 bits per heavy atom. The smallest absolute Gasteiger partial charge is 0.407 e. The predicted molar refractivity (Wildman–Crippen MR) is 66.4 cm³/mol. The van der Waals surface area contributed by atoms with E-state index in [0.717, 1.165) is 6.08 Å². The minimum atomic E-state index is -0.706. The standard InChI is InChI=1S/C12H19NO6/c1-4-18-10(14)7-6-9(13-12(16)17-3)8-11(15)19-5-2/h6-7,9H,4-5,8H2,1-3H3,(H,13,16)/b7-6+/t9-/m1/s1. The molecular formula is C12H19NO6. The van der Waals surface area contributed by atoms with Crippen molar-refractivity contribution < 1.29 is 28.6 Å². The lowest BCUT2D eigenvalue weighted by Crippen LogP contribution is -2.35. The molecular weight excluding hydrogens is 254 g/mol. The number of hydrogen-bond donors (Lipinski definition) is 1. The Hall–Kier alpha value is -2.05. The van der Waals surface area contributed by atoms with E-state index in [9.17, 15) is 14.4 Å². The molecule has 0 spiro atoms. The van der Waals surface area contributed by atoms with Gasteiger partial charge in [-0.25, -0.2) is 9.59 Å². The van der Waals surface area contributed by atoms with E-state index in [1.807, 2.05) is 0 Å². The van der Waals surface area contributed by atoms with E-state index in [1.54, 1.807) is 13.8 Å². The van der Waals surface area contributed by atoms with Crippen LogP contribution in [0.1, 0.15) is 20.3 Å². The number of methoxy groups -OCH3 is 1. The molecule has 1 amide bonds. The molecule has 0 heterocycles. The van der Waals surface area contributed by atoms with E-state index in [4.69, 9.17) is 9.47 Å². The van der Waals surface area contributed by atoms with Crippen LogP contribution >= 0.6 is 0 Å². The Balaban J connectivity index is 4.52. The fraction of sp³-hybridized carbons (Fsp3) is 0.583. The number of amides is 1. The molecule has 0 bridgehead atoms. The number of alkyl carbamates (subject to hydrolysis) is 1. The molecule has 0 aliphatic heterocycles. The molecule has 0 saturated carbocycles. The second kappa shape index (κ2) is 9.93. The molecule has 0 saturated heterocycles. The molecule has 19 heavy (non-hydrogen) atoms. The van der Waals surface area contributed by atoms with Crippen LogP contribution in [0.25, 0.3) is 0 Å². The average molecular weight is 273 g/mol. The largest absolute Gasteiger partial charge is 0.466 e. The van der Waals surface area contributed by atoms with Gasteiger partial charge in [-0.3, -0.25) is 4.79 Å². The summed E-state index contributed by atoms with van der Waals surface area (Å²) in [6, 6.07) is -0.698. The minimum Gasteiger partial charge on any atom is -0.466 e. The maximum Gasteiger partial charge on any atom is 0.407 e. The quantitative estimate of drug-likeness (QED) is 0.419. The van der Waals surface area contributed by atoms with Crippen molar-refractivity contribution >= 4 is 18.0 Å². The van der Waals surface area contributed by atoms with E-state index in [2.05, 4.69) is 10.1 Å². The van der Waals surface area contributed by atoms with Crippen LogP contribution in [0.2, 0.25) is 0 Å². The first-order valence-corrected chi connectivity index (χ1v) is 5.88. The molecule has 7 heteroatoms. The van der Waals surface area contributed by atoms with Crippen LogP contribution in [0.4, 0.5) is 4.79 Å². The van der Waals surface area contributed by atoms with Gasteiger partial charge in [0.2, 0.25) is 0 Å². The van der Waals surface area contributed by atoms with Gasteiger partial charge in [-0.1, -0.05) is 6.08 Å². The number of esters is 2. The summed E-state index contributed by atoms with van der Waals surface area (Å²) in [7, 11) is 1.20.